The Morgan fingerprint density at radius 2 is 2.25 bits per heavy atom. The Morgan fingerprint density at radius 1 is 1.42 bits per heavy atom. The molecule has 6 nitrogen and oxygen atoms in total. The van der Waals surface area contributed by atoms with Crippen LogP contribution in [-0.4, -0.2) is 42.7 Å². The van der Waals surface area contributed by atoms with Gasteiger partial charge in [0.05, 0.1) is 5.25 Å². The quantitative estimate of drug-likeness (QED) is 0.665. The largest absolute Gasteiger partial charge is 0.340 e. The van der Waals surface area contributed by atoms with Crippen molar-refractivity contribution in [1.29, 1.82) is 0 Å². The molecule has 3 rings (SSSR count). The third kappa shape index (κ3) is 3.70. The van der Waals surface area contributed by atoms with E-state index >= 15 is 0 Å². The topological polar surface area (TPSA) is 63.4 Å². The van der Waals surface area contributed by atoms with Gasteiger partial charge < -0.3 is 4.90 Å². The summed E-state index contributed by atoms with van der Waals surface area (Å²) in [5, 5.41) is 4.41. The van der Waals surface area contributed by atoms with Crippen molar-refractivity contribution in [2.24, 2.45) is 0 Å². The van der Waals surface area contributed by atoms with Gasteiger partial charge in [0.1, 0.15) is 5.82 Å². The van der Waals surface area contributed by atoms with Crippen LogP contribution in [0, 0.1) is 5.82 Å². The van der Waals surface area contributed by atoms with Crippen molar-refractivity contribution in [3.8, 4) is 0 Å². The van der Waals surface area contributed by atoms with Crippen LogP contribution in [0.5, 0.6) is 0 Å². The number of rotatable bonds is 5. The van der Waals surface area contributed by atoms with Gasteiger partial charge in [0.15, 0.2) is 0 Å². The molecule has 0 aliphatic heterocycles. The summed E-state index contributed by atoms with van der Waals surface area (Å²) in [6, 6.07) is 8.00. The third-order valence-corrected chi connectivity index (χ3v) is 4.35. The molecule has 124 valence electrons. The summed E-state index contributed by atoms with van der Waals surface area (Å²) in [5.41, 5.74) is 0.748. The van der Waals surface area contributed by atoms with E-state index in [0.29, 0.717) is 17.5 Å². The summed E-state index contributed by atoms with van der Waals surface area (Å²) in [5.74, 6) is 0.112. The molecular formula is C16H16FN5OS. The smallest absolute Gasteiger partial charge is 0.253 e. The summed E-state index contributed by atoms with van der Waals surface area (Å²) < 4.78 is 14.8. The van der Waals surface area contributed by atoms with Crippen LogP contribution < -0.4 is 0 Å². The van der Waals surface area contributed by atoms with Crippen LogP contribution in [0.1, 0.15) is 12.5 Å². The summed E-state index contributed by atoms with van der Waals surface area (Å²) in [4.78, 5) is 22.4. The SMILES string of the molecule is CC(Sc1nc2ncccn2n1)C(=O)N(C)Cc1cccc(F)c1. The molecule has 1 atom stereocenters. The maximum absolute atomic E-state index is 13.2. The molecule has 0 aliphatic carbocycles. The van der Waals surface area contributed by atoms with Crippen molar-refractivity contribution in [3.05, 3.63) is 54.1 Å². The van der Waals surface area contributed by atoms with Crippen LogP contribution in [0.4, 0.5) is 4.39 Å². The van der Waals surface area contributed by atoms with Gasteiger partial charge in [-0.25, -0.2) is 13.9 Å². The zero-order valence-corrected chi connectivity index (χ0v) is 14.1. The lowest BCUT2D eigenvalue weighted by Gasteiger charge is -2.20. The van der Waals surface area contributed by atoms with Gasteiger partial charge in [-0.05, 0) is 30.7 Å². The molecule has 24 heavy (non-hydrogen) atoms. The molecule has 0 saturated heterocycles. The van der Waals surface area contributed by atoms with E-state index in [1.165, 1.54) is 23.9 Å². The molecular weight excluding hydrogens is 329 g/mol. The normalized spacial score (nSPS) is 12.3. The van der Waals surface area contributed by atoms with E-state index in [1.54, 1.807) is 54.0 Å². The van der Waals surface area contributed by atoms with E-state index in [4.69, 9.17) is 0 Å². The van der Waals surface area contributed by atoms with Crippen LogP contribution in [0.3, 0.4) is 0 Å². The first-order chi connectivity index (χ1) is 11.5. The Hall–Kier alpha value is -2.48. The molecule has 1 aromatic carbocycles. The molecule has 2 aromatic heterocycles. The molecule has 0 aliphatic rings. The minimum atomic E-state index is -0.360. The van der Waals surface area contributed by atoms with Crippen molar-refractivity contribution < 1.29 is 9.18 Å². The summed E-state index contributed by atoms with van der Waals surface area (Å²) in [6.07, 6.45) is 3.39. The van der Waals surface area contributed by atoms with Crippen molar-refractivity contribution in [2.75, 3.05) is 7.05 Å². The van der Waals surface area contributed by atoms with Crippen molar-refractivity contribution >= 4 is 23.4 Å². The predicted octanol–water partition coefficient (Wildman–Crippen LogP) is 2.40. The highest BCUT2D eigenvalue weighted by molar-refractivity contribution is 8.00. The van der Waals surface area contributed by atoms with Crippen LogP contribution in [0.15, 0.2) is 47.9 Å². The lowest BCUT2D eigenvalue weighted by atomic mass is 10.2. The average molecular weight is 345 g/mol. The van der Waals surface area contributed by atoms with E-state index in [2.05, 4.69) is 15.1 Å². The second-order valence-electron chi connectivity index (χ2n) is 5.34. The van der Waals surface area contributed by atoms with Gasteiger partial charge in [0.25, 0.3) is 5.78 Å². The Labute approximate surface area is 142 Å². The van der Waals surface area contributed by atoms with Gasteiger partial charge in [-0.2, -0.15) is 4.98 Å². The molecule has 0 N–H and O–H groups in total. The molecule has 1 unspecified atom stereocenters. The van der Waals surface area contributed by atoms with Crippen LogP contribution >= 0.6 is 11.8 Å². The second-order valence-corrected chi connectivity index (χ2v) is 6.65. The Bertz CT molecular complexity index is 835. The number of hydrogen-bond acceptors (Lipinski definition) is 5. The van der Waals surface area contributed by atoms with E-state index in [0.717, 1.165) is 5.56 Å². The number of carbonyl (C=O) groups excluding carboxylic acids is 1. The first-order valence-electron chi connectivity index (χ1n) is 7.36. The zero-order valence-electron chi connectivity index (χ0n) is 13.3. The number of hydrogen-bond donors (Lipinski definition) is 0. The summed E-state index contributed by atoms with van der Waals surface area (Å²) in [6.45, 7) is 2.15. The molecule has 1 amide bonds. The maximum Gasteiger partial charge on any atom is 0.253 e. The Balaban J connectivity index is 1.65. The zero-order chi connectivity index (χ0) is 17.1. The van der Waals surface area contributed by atoms with Gasteiger partial charge >= 0.3 is 0 Å². The first-order valence-corrected chi connectivity index (χ1v) is 8.24. The summed E-state index contributed by atoms with van der Waals surface area (Å²) >= 11 is 1.27. The van der Waals surface area contributed by atoms with Gasteiger partial charge in [0, 0.05) is 26.0 Å². The highest BCUT2D eigenvalue weighted by atomic mass is 32.2. The fourth-order valence-corrected chi connectivity index (χ4v) is 3.14. The third-order valence-electron chi connectivity index (χ3n) is 3.41. The van der Waals surface area contributed by atoms with Crippen molar-refractivity contribution in [3.63, 3.8) is 0 Å². The number of thioether (sulfide) groups is 1. The summed E-state index contributed by atoms with van der Waals surface area (Å²) in [7, 11) is 1.70. The van der Waals surface area contributed by atoms with E-state index in [1.807, 2.05) is 0 Å². The van der Waals surface area contributed by atoms with E-state index in [9.17, 15) is 9.18 Å². The molecule has 8 heteroatoms. The average Bonchev–Trinajstić information content (AvgIpc) is 2.96. The number of fused-ring (bicyclic) bond motifs is 1. The highest BCUT2D eigenvalue weighted by Gasteiger charge is 2.21. The number of nitrogens with zero attached hydrogens (tertiary/aromatic N) is 5. The van der Waals surface area contributed by atoms with E-state index < -0.39 is 0 Å². The molecule has 0 saturated carbocycles. The monoisotopic (exact) mass is 345 g/mol. The minimum Gasteiger partial charge on any atom is -0.340 e. The van der Waals surface area contributed by atoms with Gasteiger partial charge in [-0.15, -0.1) is 5.10 Å². The van der Waals surface area contributed by atoms with Crippen LogP contribution in [0.25, 0.3) is 5.78 Å². The van der Waals surface area contributed by atoms with Gasteiger partial charge in [-0.1, -0.05) is 23.9 Å². The maximum atomic E-state index is 13.2. The Kier molecular flexibility index (Phi) is 4.75. The lowest BCUT2D eigenvalue weighted by molar-refractivity contribution is -0.129. The highest BCUT2D eigenvalue weighted by Crippen LogP contribution is 2.21. The molecule has 0 radical (unpaired) electrons. The van der Waals surface area contributed by atoms with E-state index in [-0.39, 0.29) is 17.0 Å². The second kappa shape index (κ2) is 6.96. The molecule has 0 spiro atoms. The fourth-order valence-electron chi connectivity index (χ4n) is 2.27. The van der Waals surface area contributed by atoms with Crippen molar-refractivity contribution in [1.82, 2.24) is 24.5 Å². The van der Waals surface area contributed by atoms with Gasteiger partial charge in [-0.3, -0.25) is 4.79 Å². The predicted molar refractivity (Wildman–Crippen MR) is 89.0 cm³/mol. The Morgan fingerprint density at radius 3 is 3.00 bits per heavy atom. The number of halogens is 1. The minimum absolute atomic E-state index is 0.0731. The number of amides is 1. The van der Waals surface area contributed by atoms with Crippen LogP contribution in [-0.2, 0) is 11.3 Å². The molecule has 3 aromatic rings. The first kappa shape index (κ1) is 16.4. The van der Waals surface area contributed by atoms with Crippen molar-refractivity contribution in [2.45, 2.75) is 23.9 Å². The fraction of sp³-hybridized carbons (Fsp3) is 0.250. The number of benzene rings is 1. The van der Waals surface area contributed by atoms with Gasteiger partial charge in [0.2, 0.25) is 11.1 Å². The van der Waals surface area contributed by atoms with Crippen LogP contribution in [0.2, 0.25) is 0 Å². The number of carbonyl (C=O) groups is 1. The molecule has 0 fully saturated rings. The standard InChI is InChI=1S/C16H16FN5OS/c1-11(24-16-19-15-18-7-4-8-22(15)20-16)14(23)21(2)10-12-5-3-6-13(17)9-12/h3-9,11H,10H2,1-2H3. The molecule has 2 heterocycles. The molecule has 0 bridgehead atoms. The number of aromatic nitrogens is 4. The lowest BCUT2D eigenvalue weighted by Crippen LogP contribution is -2.32.